The van der Waals surface area contributed by atoms with Crippen LogP contribution in [0.1, 0.15) is 10.5 Å². The largest absolute Gasteiger partial charge is 0.477 e. The van der Waals surface area contributed by atoms with Gasteiger partial charge in [-0.2, -0.15) is 0 Å². The molecule has 0 saturated carbocycles. The molecule has 61 valence electrons. The van der Waals surface area contributed by atoms with E-state index in [1.165, 1.54) is 0 Å². The maximum absolute atomic E-state index is 12.1. The molecule has 0 saturated heterocycles. The molecule has 0 aliphatic rings. The van der Waals surface area contributed by atoms with Crippen molar-refractivity contribution < 1.29 is 34.4 Å². The van der Waals surface area contributed by atoms with Crippen molar-refractivity contribution in [2.75, 3.05) is 0 Å². The number of hydrogen-bond acceptors (Lipinski definition) is 2. The van der Waals surface area contributed by atoms with Crippen LogP contribution in [0, 0.1) is 5.82 Å². The summed E-state index contributed by atoms with van der Waals surface area (Å²) >= 11 is 0. The number of hydrogen-bond donors (Lipinski definition) is 1. The maximum Gasteiger partial charge on any atom is 0.354 e. The van der Waals surface area contributed by atoms with Crippen LogP contribution in [0.3, 0.4) is 0 Å². The van der Waals surface area contributed by atoms with Gasteiger partial charge in [0.25, 0.3) is 0 Å². The monoisotopic (exact) mass is 334 g/mol. The Balaban J connectivity index is 0.000001000. The Hall–Kier alpha value is -0.801. The van der Waals surface area contributed by atoms with Gasteiger partial charge in [-0.1, -0.05) is 0 Å². The molecule has 1 rings (SSSR count). The Morgan fingerprint density at radius 1 is 1.55 bits per heavy atom. The first-order valence-electron chi connectivity index (χ1n) is 2.55. The van der Waals surface area contributed by atoms with E-state index in [-0.39, 0.29) is 25.8 Å². The van der Waals surface area contributed by atoms with E-state index in [9.17, 15) is 9.18 Å². The van der Waals surface area contributed by atoms with Gasteiger partial charge in [-0.05, 0) is 12.1 Å². The Labute approximate surface area is 75.6 Å². The molecule has 0 atom stereocenters. The number of carbonyl (C=O) groups is 1. The minimum absolute atomic E-state index is 0. The number of carboxylic acids is 1. The third-order valence-corrected chi connectivity index (χ3v) is 0.947. The molecule has 0 aliphatic carbocycles. The van der Waals surface area contributed by atoms with Gasteiger partial charge in [-0.3, -0.25) is 0 Å². The second-order valence-electron chi connectivity index (χ2n) is 1.67. The van der Waals surface area contributed by atoms with Crippen molar-refractivity contribution in [3.05, 3.63) is 29.8 Å². The summed E-state index contributed by atoms with van der Waals surface area (Å²) in [4.78, 5) is 13.4. The van der Waals surface area contributed by atoms with Gasteiger partial charge in [-0.15, -0.1) is 0 Å². The van der Waals surface area contributed by atoms with E-state index in [2.05, 4.69) is 4.98 Å². The van der Waals surface area contributed by atoms with Crippen LogP contribution in [0.15, 0.2) is 18.3 Å². The Kier molecular flexibility index (Phi) is 3.85. The van der Waals surface area contributed by atoms with Gasteiger partial charge in [0.05, 0.1) is 6.20 Å². The average molecular weight is 333 g/mol. The van der Waals surface area contributed by atoms with Gasteiger partial charge in [0.15, 0.2) is 0 Å². The van der Waals surface area contributed by atoms with Crippen molar-refractivity contribution in [2.24, 2.45) is 0 Å². The first-order valence-corrected chi connectivity index (χ1v) is 2.55. The molecule has 5 heteroatoms. The van der Waals surface area contributed by atoms with E-state index in [1.54, 1.807) is 0 Å². The predicted molar refractivity (Wildman–Crippen MR) is 31.2 cm³/mol. The summed E-state index contributed by atoms with van der Waals surface area (Å²) in [6, 6.07) is 2.16. The van der Waals surface area contributed by atoms with Crippen LogP contribution in [0.4, 0.5) is 4.39 Å². The van der Waals surface area contributed by atoms with Gasteiger partial charge in [0, 0.05) is 20.1 Å². The number of rotatable bonds is 1. The predicted octanol–water partition coefficient (Wildman–Crippen LogP) is 0.916. The normalized spacial score (nSPS) is 8.45. The molecule has 0 aromatic carbocycles. The van der Waals surface area contributed by atoms with Crippen molar-refractivity contribution in [1.29, 1.82) is 0 Å². The van der Waals surface area contributed by atoms with Gasteiger partial charge in [0.1, 0.15) is 11.5 Å². The first kappa shape index (κ1) is 10.2. The summed E-state index contributed by atoms with van der Waals surface area (Å²) in [5, 5.41) is 8.29. The fourth-order valence-corrected chi connectivity index (χ4v) is 0.502. The van der Waals surface area contributed by atoms with Gasteiger partial charge >= 0.3 is 5.97 Å². The van der Waals surface area contributed by atoms with Crippen LogP contribution in [0.2, 0.25) is 0 Å². The second-order valence-corrected chi connectivity index (χ2v) is 1.67. The molecule has 0 spiro atoms. The number of aromatic nitrogens is 1. The van der Waals surface area contributed by atoms with Crippen LogP contribution in [-0.2, 0) is 20.1 Å². The minimum Gasteiger partial charge on any atom is -0.477 e. The molecular formula is C6H4FIrNO2. The molecular weight excluding hydrogens is 329 g/mol. The van der Waals surface area contributed by atoms with Crippen molar-refractivity contribution in [3.8, 4) is 0 Å². The summed E-state index contributed by atoms with van der Waals surface area (Å²) in [7, 11) is 0. The number of nitrogens with zero attached hydrogens (tertiary/aromatic N) is 1. The molecule has 1 N–H and O–H groups in total. The Morgan fingerprint density at radius 2 is 2.18 bits per heavy atom. The van der Waals surface area contributed by atoms with Crippen LogP contribution < -0.4 is 0 Å². The van der Waals surface area contributed by atoms with E-state index in [0.29, 0.717) is 0 Å². The fraction of sp³-hybridized carbons (Fsp3) is 0. The van der Waals surface area contributed by atoms with E-state index in [1.807, 2.05) is 0 Å². The smallest absolute Gasteiger partial charge is 0.354 e. The van der Waals surface area contributed by atoms with Crippen LogP contribution in [-0.4, -0.2) is 16.1 Å². The molecule has 0 aliphatic heterocycles. The van der Waals surface area contributed by atoms with Crippen molar-refractivity contribution in [1.82, 2.24) is 4.98 Å². The molecule has 0 fully saturated rings. The molecule has 11 heavy (non-hydrogen) atoms. The summed E-state index contributed by atoms with van der Waals surface area (Å²) in [6.45, 7) is 0. The third-order valence-electron chi connectivity index (χ3n) is 0.947. The molecule has 1 heterocycles. The molecule has 3 nitrogen and oxygen atoms in total. The van der Waals surface area contributed by atoms with Crippen molar-refractivity contribution >= 4 is 5.97 Å². The number of aromatic carboxylic acids is 1. The number of carboxylic acid groups (broad SMARTS) is 1. The average Bonchev–Trinajstić information content (AvgIpc) is 1.88. The molecule has 0 amide bonds. The molecule has 0 unspecified atom stereocenters. The fourth-order valence-electron chi connectivity index (χ4n) is 0.502. The number of halogens is 1. The zero-order valence-electron chi connectivity index (χ0n) is 5.25. The minimum atomic E-state index is -1.15. The standard InChI is InChI=1S/C6H4FNO2.Ir/c7-4-1-2-5(6(9)10)8-3-4;/h1-3H,(H,9,10);. The van der Waals surface area contributed by atoms with Crippen molar-refractivity contribution in [3.63, 3.8) is 0 Å². The summed E-state index contributed by atoms with van der Waals surface area (Å²) in [5.41, 5.74) is -0.151. The summed E-state index contributed by atoms with van der Waals surface area (Å²) in [5.74, 6) is -1.69. The Bertz CT molecular complexity index is 249. The van der Waals surface area contributed by atoms with Gasteiger partial charge in [0.2, 0.25) is 0 Å². The van der Waals surface area contributed by atoms with Crippen LogP contribution in [0.25, 0.3) is 0 Å². The zero-order chi connectivity index (χ0) is 7.56. The van der Waals surface area contributed by atoms with Gasteiger partial charge < -0.3 is 5.11 Å². The topological polar surface area (TPSA) is 50.2 Å². The molecule has 1 radical (unpaired) electrons. The third kappa shape index (κ3) is 2.74. The second kappa shape index (κ2) is 4.16. The van der Waals surface area contributed by atoms with E-state index < -0.39 is 11.8 Å². The quantitative estimate of drug-likeness (QED) is 0.831. The SMILES string of the molecule is O=C(O)c1ccc(F)cn1.[Ir]. The van der Waals surface area contributed by atoms with Crippen molar-refractivity contribution in [2.45, 2.75) is 0 Å². The molecule has 0 bridgehead atoms. The van der Waals surface area contributed by atoms with E-state index >= 15 is 0 Å². The van der Waals surface area contributed by atoms with E-state index in [4.69, 9.17) is 5.11 Å². The molecule has 1 aromatic heterocycles. The zero-order valence-corrected chi connectivity index (χ0v) is 7.64. The number of pyridine rings is 1. The first-order chi connectivity index (χ1) is 4.70. The molecule has 1 aromatic rings. The van der Waals surface area contributed by atoms with Crippen LogP contribution in [0.5, 0.6) is 0 Å². The summed E-state index contributed by atoms with van der Waals surface area (Å²) in [6.07, 6.45) is 0.865. The van der Waals surface area contributed by atoms with Crippen LogP contribution >= 0.6 is 0 Å². The van der Waals surface area contributed by atoms with E-state index in [0.717, 1.165) is 18.3 Å². The summed E-state index contributed by atoms with van der Waals surface area (Å²) < 4.78 is 12.1. The Morgan fingerprint density at radius 3 is 2.55 bits per heavy atom. The van der Waals surface area contributed by atoms with Gasteiger partial charge in [-0.25, -0.2) is 14.2 Å². The maximum atomic E-state index is 12.1.